The second-order valence-electron chi connectivity index (χ2n) is 5.63. The number of nitrogens with one attached hydrogen (secondary N) is 2. The summed E-state index contributed by atoms with van der Waals surface area (Å²) in [6.07, 6.45) is 0.846. The van der Waals surface area contributed by atoms with Crippen molar-refractivity contribution in [3.8, 4) is 0 Å². The molecule has 0 radical (unpaired) electrons. The molecule has 2 atom stereocenters. The topological polar surface area (TPSA) is 84.2 Å². The minimum atomic E-state index is -0.538. The summed E-state index contributed by atoms with van der Waals surface area (Å²) in [4.78, 5) is 23.7. The van der Waals surface area contributed by atoms with Crippen LogP contribution in [-0.4, -0.2) is 17.9 Å². The van der Waals surface area contributed by atoms with Gasteiger partial charge < -0.3 is 16.4 Å². The molecule has 0 aliphatic rings. The number of hydrogen-bond donors (Lipinski definition) is 3. The molecular formula is C16H25N3O2. The van der Waals surface area contributed by atoms with Crippen molar-refractivity contribution >= 4 is 23.2 Å². The van der Waals surface area contributed by atoms with Gasteiger partial charge in [0.25, 0.3) is 0 Å². The van der Waals surface area contributed by atoms with Crippen LogP contribution in [0.3, 0.4) is 0 Å². The summed E-state index contributed by atoms with van der Waals surface area (Å²) in [7, 11) is 0. The lowest BCUT2D eigenvalue weighted by Crippen LogP contribution is -2.40. The van der Waals surface area contributed by atoms with Gasteiger partial charge in [-0.15, -0.1) is 0 Å². The van der Waals surface area contributed by atoms with E-state index < -0.39 is 6.04 Å². The van der Waals surface area contributed by atoms with Crippen LogP contribution in [0.15, 0.2) is 24.3 Å². The van der Waals surface area contributed by atoms with E-state index in [-0.39, 0.29) is 23.7 Å². The number of hydrogen-bond acceptors (Lipinski definition) is 3. The van der Waals surface area contributed by atoms with Gasteiger partial charge in [-0.05, 0) is 24.1 Å². The summed E-state index contributed by atoms with van der Waals surface area (Å²) in [5.74, 6) is -0.248. The summed E-state index contributed by atoms with van der Waals surface area (Å²) in [6, 6.07) is 6.52. The highest BCUT2D eigenvalue weighted by atomic mass is 16.2. The normalized spacial score (nSPS) is 13.6. The number of anilines is 2. The average Bonchev–Trinajstić information content (AvgIpc) is 2.45. The van der Waals surface area contributed by atoms with Gasteiger partial charge in [0.15, 0.2) is 0 Å². The van der Waals surface area contributed by atoms with Crippen molar-refractivity contribution in [2.75, 3.05) is 10.6 Å². The first-order chi connectivity index (χ1) is 9.85. The molecule has 1 rings (SSSR count). The Balaban J connectivity index is 2.72. The van der Waals surface area contributed by atoms with Gasteiger partial charge in [-0.1, -0.05) is 40.2 Å². The lowest BCUT2D eigenvalue weighted by molar-refractivity contribution is -0.119. The molecule has 0 fully saturated rings. The Morgan fingerprint density at radius 1 is 1.10 bits per heavy atom. The summed E-state index contributed by atoms with van der Waals surface area (Å²) in [5.41, 5.74) is 7.18. The van der Waals surface area contributed by atoms with Gasteiger partial charge in [-0.25, -0.2) is 0 Å². The van der Waals surface area contributed by atoms with Crippen molar-refractivity contribution in [3.63, 3.8) is 0 Å². The van der Waals surface area contributed by atoms with E-state index in [0.29, 0.717) is 11.4 Å². The maximum Gasteiger partial charge on any atom is 0.241 e. The third kappa shape index (κ3) is 5.19. The van der Waals surface area contributed by atoms with Crippen molar-refractivity contribution in [2.45, 2.75) is 40.2 Å². The van der Waals surface area contributed by atoms with E-state index in [1.807, 2.05) is 27.7 Å². The first kappa shape index (κ1) is 17.2. The van der Waals surface area contributed by atoms with E-state index in [4.69, 9.17) is 5.73 Å². The van der Waals surface area contributed by atoms with Gasteiger partial charge in [0, 0.05) is 17.3 Å². The molecule has 4 N–H and O–H groups in total. The minimum absolute atomic E-state index is 0.0604. The van der Waals surface area contributed by atoms with Gasteiger partial charge in [-0.3, -0.25) is 9.59 Å². The van der Waals surface area contributed by atoms with Crippen molar-refractivity contribution < 1.29 is 9.59 Å². The quantitative estimate of drug-likeness (QED) is 0.753. The zero-order valence-electron chi connectivity index (χ0n) is 13.1. The van der Waals surface area contributed by atoms with Crippen LogP contribution in [-0.2, 0) is 9.59 Å². The molecule has 116 valence electrons. The number of benzene rings is 1. The molecule has 0 spiro atoms. The first-order valence-electron chi connectivity index (χ1n) is 7.32. The largest absolute Gasteiger partial charge is 0.326 e. The summed E-state index contributed by atoms with van der Waals surface area (Å²) >= 11 is 0. The molecule has 0 heterocycles. The fourth-order valence-corrected chi connectivity index (χ4v) is 1.70. The second kappa shape index (κ2) is 7.78. The number of rotatable bonds is 6. The number of carbonyl (C=O) groups excluding carboxylic acids is 2. The van der Waals surface area contributed by atoms with Crippen LogP contribution in [0.5, 0.6) is 0 Å². The minimum Gasteiger partial charge on any atom is -0.326 e. The summed E-state index contributed by atoms with van der Waals surface area (Å²) in [5, 5.41) is 5.58. The highest BCUT2D eigenvalue weighted by Crippen LogP contribution is 2.17. The maximum atomic E-state index is 12.0. The molecule has 21 heavy (non-hydrogen) atoms. The van der Waals surface area contributed by atoms with E-state index in [1.54, 1.807) is 24.3 Å². The molecule has 2 amide bonds. The van der Waals surface area contributed by atoms with Gasteiger partial charge in [0.05, 0.1) is 6.04 Å². The Bertz CT molecular complexity index is 500. The predicted molar refractivity (Wildman–Crippen MR) is 86.0 cm³/mol. The molecule has 0 aromatic heterocycles. The second-order valence-corrected chi connectivity index (χ2v) is 5.63. The van der Waals surface area contributed by atoms with E-state index >= 15 is 0 Å². The van der Waals surface area contributed by atoms with Crippen LogP contribution in [0.25, 0.3) is 0 Å². The fraction of sp³-hybridized carbons (Fsp3) is 0.500. The Morgan fingerprint density at radius 3 is 2.10 bits per heavy atom. The smallest absolute Gasteiger partial charge is 0.241 e. The molecule has 0 saturated heterocycles. The summed E-state index contributed by atoms with van der Waals surface area (Å²) < 4.78 is 0. The van der Waals surface area contributed by atoms with Crippen molar-refractivity contribution in [3.05, 3.63) is 24.3 Å². The SMILES string of the molecule is CC[C@H](C)[C@H](N)C(=O)Nc1cccc(NC(=O)C(C)C)c1. The molecule has 0 bridgehead atoms. The van der Waals surface area contributed by atoms with Crippen molar-refractivity contribution in [1.29, 1.82) is 0 Å². The van der Waals surface area contributed by atoms with Crippen LogP contribution in [0.2, 0.25) is 0 Å². The standard InChI is InChI=1S/C16H25N3O2/c1-5-11(4)14(17)16(21)19-13-8-6-7-12(9-13)18-15(20)10(2)3/h6-11,14H,5,17H2,1-4H3,(H,18,20)(H,19,21)/t11-,14-/m0/s1. The van der Waals surface area contributed by atoms with E-state index in [9.17, 15) is 9.59 Å². The van der Waals surface area contributed by atoms with Gasteiger partial charge in [0.1, 0.15) is 0 Å². The highest BCUT2D eigenvalue weighted by molar-refractivity contribution is 5.96. The first-order valence-corrected chi connectivity index (χ1v) is 7.32. The van der Waals surface area contributed by atoms with Crippen LogP contribution >= 0.6 is 0 Å². The average molecular weight is 291 g/mol. The Morgan fingerprint density at radius 2 is 1.62 bits per heavy atom. The van der Waals surface area contributed by atoms with Crippen LogP contribution < -0.4 is 16.4 Å². The number of carbonyl (C=O) groups is 2. The lowest BCUT2D eigenvalue weighted by atomic mass is 9.99. The summed E-state index contributed by atoms with van der Waals surface area (Å²) in [6.45, 7) is 7.60. The Hall–Kier alpha value is -1.88. The monoisotopic (exact) mass is 291 g/mol. The van der Waals surface area contributed by atoms with Crippen LogP contribution in [0, 0.1) is 11.8 Å². The van der Waals surface area contributed by atoms with Gasteiger partial charge in [0.2, 0.25) is 11.8 Å². The molecule has 5 nitrogen and oxygen atoms in total. The van der Waals surface area contributed by atoms with E-state index in [1.165, 1.54) is 0 Å². The third-order valence-corrected chi connectivity index (χ3v) is 3.48. The molecule has 0 saturated carbocycles. The predicted octanol–water partition coefficient (Wildman–Crippen LogP) is 2.59. The molecule has 5 heteroatoms. The van der Waals surface area contributed by atoms with E-state index in [2.05, 4.69) is 10.6 Å². The van der Waals surface area contributed by atoms with E-state index in [0.717, 1.165) is 6.42 Å². The van der Waals surface area contributed by atoms with Crippen LogP contribution in [0.4, 0.5) is 11.4 Å². The van der Waals surface area contributed by atoms with Crippen molar-refractivity contribution in [1.82, 2.24) is 0 Å². The maximum absolute atomic E-state index is 12.0. The fourth-order valence-electron chi connectivity index (χ4n) is 1.70. The Kier molecular flexibility index (Phi) is 6.37. The third-order valence-electron chi connectivity index (χ3n) is 3.48. The number of nitrogens with two attached hydrogens (primary N) is 1. The molecule has 0 unspecified atom stereocenters. The number of amides is 2. The molecular weight excluding hydrogens is 266 g/mol. The zero-order chi connectivity index (χ0) is 16.0. The Labute approximate surface area is 126 Å². The van der Waals surface area contributed by atoms with Crippen LogP contribution in [0.1, 0.15) is 34.1 Å². The van der Waals surface area contributed by atoms with Gasteiger partial charge in [-0.2, -0.15) is 0 Å². The van der Waals surface area contributed by atoms with Crippen molar-refractivity contribution in [2.24, 2.45) is 17.6 Å². The molecule has 1 aromatic rings. The highest BCUT2D eigenvalue weighted by Gasteiger charge is 2.19. The molecule has 1 aromatic carbocycles. The lowest BCUT2D eigenvalue weighted by Gasteiger charge is -2.18. The molecule has 0 aliphatic carbocycles. The zero-order valence-corrected chi connectivity index (χ0v) is 13.1. The van der Waals surface area contributed by atoms with Gasteiger partial charge >= 0.3 is 0 Å². The molecule has 0 aliphatic heterocycles.